The molecule has 0 saturated heterocycles. The molecular formula is C15H11Cl2NO. The average Bonchev–Trinajstić information content (AvgIpc) is 2.39. The lowest BCUT2D eigenvalue weighted by Crippen LogP contribution is -1.94. The fourth-order valence-corrected chi connectivity index (χ4v) is 1.87. The predicted molar refractivity (Wildman–Crippen MR) is 79.7 cm³/mol. The molecule has 0 aliphatic carbocycles. The molecule has 0 amide bonds. The molecule has 0 aromatic heterocycles. The van der Waals surface area contributed by atoms with Gasteiger partial charge in [-0.15, -0.1) is 0 Å². The third kappa shape index (κ3) is 4.10. The van der Waals surface area contributed by atoms with Crippen LogP contribution in [0.25, 0.3) is 0 Å². The Morgan fingerprint density at radius 2 is 1.79 bits per heavy atom. The second-order valence-corrected chi connectivity index (χ2v) is 4.63. The van der Waals surface area contributed by atoms with Crippen LogP contribution in [0.3, 0.4) is 0 Å². The van der Waals surface area contributed by atoms with Gasteiger partial charge in [0.2, 0.25) is 0 Å². The third-order valence-electron chi connectivity index (χ3n) is 2.34. The summed E-state index contributed by atoms with van der Waals surface area (Å²) >= 11 is 11.8. The number of hydrogen-bond acceptors (Lipinski definition) is 2. The van der Waals surface area contributed by atoms with Gasteiger partial charge in [0.1, 0.15) is 12.4 Å². The Bertz CT molecular complexity index is 627. The molecule has 0 saturated carbocycles. The first-order valence-corrected chi connectivity index (χ1v) is 6.33. The van der Waals surface area contributed by atoms with Crippen LogP contribution in [0.2, 0.25) is 10.0 Å². The molecule has 0 aliphatic heterocycles. The fourth-order valence-electron chi connectivity index (χ4n) is 1.41. The van der Waals surface area contributed by atoms with E-state index in [9.17, 15) is 0 Å². The Morgan fingerprint density at radius 3 is 2.47 bits per heavy atom. The Morgan fingerprint density at radius 1 is 1.05 bits per heavy atom. The maximum Gasteiger partial charge on any atom is 0.149 e. The van der Waals surface area contributed by atoms with Gasteiger partial charge in [-0.1, -0.05) is 35.0 Å². The van der Waals surface area contributed by atoms with Gasteiger partial charge in [0.25, 0.3) is 0 Å². The first-order chi connectivity index (χ1) is 9.15. The molecule has 0 fully saturated rings. The number of rotatable bonds is 2. The highest BCUT2D eigenvalue weighted by Crippen LogP contribution is 2.27. The van der Waals surface area contributed by atoms with Crippen molar-refractivity contribution in [1.29, 1.82) is 0 Å². The van der Waals surface area contributed by atoms with Crippen LogP contribution >= 0.6 is 23.2 Å². The number of nitrogens with two attached hydrogens (primary N) is 1. The van der Waals surface area contributed by atoms with Crippen molar-refractivity contribution in [2.75, 3.05) is 12.3 Å². The first-order valence-electron chi connectivity index (χ1n) is 5.57. The minimum absolute atomic E-state index is 0.256. The zero-order chi connectivity index (χ0) is 13.7. The summed E-state index contributed by atoms with van der Waals surface area (Å²) in [5.74, 6) is 6.45. The summed E-state index contributed by atoms with van der Waals surface area (Å²) in [5, 5.41) is 1.05. The van der Waals surface area contributed by atoms with Gasteiger partial charge < -0.3 is 10.5 Å². The molecule has 0 aliphatic rings. The van der Waals surface area contributed by atoms with Crippen LogP contribution in [0.1, 0.15) is 5.56 Å². The van der Waals surface area contributed by atoms with E-state index < -0.39 is 0 Å². The molecule has 96 valence electrons. The van der Waals surface area contributed by atoms with E-state index in [1.165, 1.54) is 0 Å². The van der Waals surface area contributed by atoms with Gasteiger partial charge in [0, 0.05) is 16.3 Å². The third-order valence-corrected chi connectivity index (χ3v) is 2.87. The largest absolute Gasteiger partial charge is 0.479 e. The van der Waals surface area contributed by atoms with Crippen LogP contribution < -0.4 is 10.5 Å². The highest BCUT2D eigenvalue weighted by molar-refractivity contribution is 6.35. The summed E-state index contributed by atoms with van der Waals surface area (Å²) in [5.41, 5.74) is 7.19. The number of benzene rings is 2. The summed E-state index contributed by atoms with van der Waals surface area (Å²) in [6.45, 7) is 0.256. The van der Waals surface area contributed by atoms with Crippen molar-refractivity contribution in [3.63, 3.8) is 0 Å². The van der Waals surface area contributed by atoms with Crippen molar-refractivity contribution < 1.29 is 4.74 Å². The van der Waals surface area contributed by atoms with E-state index in [-0.39, 0.29) is 6.61 Å². The predicted octanol–water partition coefficient (Wildman–Crippen LogP) is 4.01. The zero-order valence-electron chi connectivity index (χ0n) is 9.99. The second-order valence-electron chi connectivity index (χ2n) is 3.79. The van der Waals surface area contributed by atoms with E-state index in [1.807, 2.05) is 12.1 Å². The summed E-state index contributed by atoms with van der Waals surface area (Å²) in [6, 6.07) is 12.4. The zero-order valence-corrected chi connectivity index (χ0v) is 11.5. The smallest absolute Gasteiger partial charge is 0.149 e. The maximum atomic E-state index is 5.97. The molecule has 0 spiro atoms. The molecule has 19 heavy (non-hydrogen) atoms. The molecule has 0 unspecified atom stereocenters. The summed E-state index contributed by atoms with van der Waals surface area (Å²) in [4.78, 5) is 0. The lowest BCUT2D eigenvalue weighted by molar-refractivity contribution is 0.370. The summed E-state index contributed by atoms with van der Waals surface area (Å²) < 4.78 is 5.45. The molecule has 0 radical (unpaired) electrons. The molecule has 2 N–H and O–H groups in total. The summed E-state index contributed by atoms with van der Waals surface area (Å²) in [7, 11) is 0. The highest BCUT2D eigenvalue weighted by atomic mass is 35.5. The average molecular weight is 292 g/mol. The number of halogens is 2. The van der Waals surface area contributed by atoms with Gasteiger partial charge in [-0.05, 0) is 42.5 Å². The molecule has 2 nitrogen and oxygen atoms in total. The van der Waals surface area contributed by atoms with E-state index in [0.717, 1.165) is 11.3 Å². The standard InChI is InChI=1S/C15H11Cl2NO/c16-12-5-8-15(14(17)10-12)19-9-1-2-11-3-6-13(18)7-4-11/h3-8,10H,9,18H2. The van der Waals surface area contributed by atoms with Crippen molar-refractivity contribution in [1.82, 2.24) is 0 Å². The Labute approximate surface area is 122 Å². The SMILES string of the molecule is Nc1ccc(C#CCOc2ccc(Cl)cc2Cl)cc1. The number of ether oxygens (including phenoxy) is 1. The monoisotopic (exact) mass is 291 g/mol. The van der Waals surface area contributed by atoms with Gasteiger partial charge in [-0.25, -0.2) is 0 Å². The molecule has 2 aromatic rings. The molecular weight excluding hydrogens is 281 g/mol. The topological polar surface area (TPSA) is 35.2 Å². The van der Waals surface area contributed by atoms with Crippen LogP contribution in [0.5, 0.6) is 5.75 Å². The van der Waals surface area contributed by atoms with Crippen molar-refractivity contribution in [2.45, 2.75) is 0 Å². The van der Waals surface area contributed by atoms with E-state index in [0.29, 0.717) is 15.8 Å². The van der Waals surface area contributed by atoms with Crippen molar-refractivity contribution in [3.05, 3.63) is 58.1 Å². The van der Waals surface area contributed by atoms with Crippen LogP contribution in [-0.2, 0) is 0 Å². The van der Waals surface area contributed by atoms with Crippen molar-refractivity contribution in [2.24, 2.45) is 0 Å². The second kappa shape index (κ2) is 6.38. The summed E-state index contributed by atoms with van der Waals surface area (Å²) in [6.07, 6.45) is 0. The number of anilines is 1. The fraction of sp³-hybridized carbons (Fsp3) is 0.0667. The van der Waals surface area contributed by atoms with E-state index in [2.05, 4.69) is 11.8 Å². The number of nitrogen functional groups attached to an aromatic ring is 1. The Balaban J connectivity index is 1.95. The lowest BCUT2D eigenvalue weighted by Gasteiger charge is -2.04. The maximum absolute atomic E-state index is 5.97. The molecule has 2 aromatic carbocycles. The van der Waals surface area contributed by atoms with E-state index in [4.69, 9.17) is 33.7 Å². The van der Waals surface area contributed by atoms with Gasteiger partial charge in [-0.3, -0.25) is 0 Å². The van der Waals surface area contributed by atoms with Gasteiger partial charge >= 0.3 is 0 Å². The Kier molecular flexibility index (Phi) is 4.57. The lowest BCUT2D eigenvalue weighted by atomic mass is 10.2. The van der Waals surface area contributed by atoms with Crippen LogP contribution in [0.4, 0.5) is 5.69 Å². The number of hydrogen-bond donors (Lipinski definition) is 1. The quantitative estimate of drug-likeness (QED) is 0.670. The van der Waals surface area contributed by atoms with Crippen LogP contribution in [0, 0.1) is 11.8 Å². The van der Waals surface area contributed by atoms with E-state index in [1.54, 1.807) is 30.3 Å². The van der Waals surface area contributed by atoms with Crippen LogP contribution in [-0.4, -0.2) is 6.61 Å². The minimum Gasteiger partial charge on any atom is -0.479 e. The van der Waals surface area contributed by atoms with Crippen molar-refractivity contribution in [3.8, 4) is 17.6 Å². The van der Waals surface area contributed by atoms with Gasteiger partial charge in [-0.2, -0.15) is 0 Å². The molecule has 4 heteroatoms. The van der Waals surface area contributed by atoms with Crippen LogP contribution in [0.15, 0.2) is 42.5 Å². The van der Waals surface area contributed by atoms with Gasteiger partial charge in [0.15, 0.2) is 0 Å². The minimum atomic E-state index is 0.256. The Hall–Kier alpha value is -1.82. The first kappa shape index (κ1) is 13.6. The highest BCUT2D eigenvalue weighted by Gasteiger charge is 2.00. The molecule has 0 atom stereocenters. The molecule has 0 heterocycles. The normalized spacial score (nSPS) is 9.58. The van der Waals surface area contributed by atoms with E-state index >= 15 is 0 Å². The molecule has 2 rings (SSSR count). The van der Waals surface area contributed by atoms with Gasteiger partial charge in [0.05, 0.1) is 5.02 Å². The molecule has 0 bridgehead atoms. The van der Waals surface area contributed by atoms with Crippen molar-refractivity contribution >= 4 is 28.9 Å².